The van der Waals surface area contributed by atoms with Gasteiger partial charge in [-0.1, -0.05) is 5.16 Å². The van der Waals surface area contributed by atoms with E-state index in [1.54, 1.807) is 13.8 Å². The molecular weight excluding hydrogens is 308 g/mol. The molecule has 1 rings (SSSR count). The van der Waals surface area contributed by atoms with E-state index in [1.807, 2.05) is 0 Å². The van der Waals surface area contributed by atoms with Crippen molar-refractivity contribution in [3.8, 4) is 0 Å². The third-order valence-electron chi connectivity index (χ3n) is 2.30. The van der Waals surface area contributed by atoms with E-state index in [4.69, 9.17) is 10.5 Å². The number of hydrogen-bond donors (Lipinski definition) is 1. The van der Waals surface area contributed by atoms with Crippen LogP contribution in [-0.2, 0) is 4.74 Å². The van der Waals surface area contributed by atoms with Crippen molar-refractivity contribution >= 4 is 0 Å². The second kappa shape index (κ2) is 6.18. The lowest BCUT2D eigenvalue weighted by Crippen LogP contribution is -2.34. The van der Waals surface area contributed by atoms with Crippen LogP contribution in [0, 0.1) is 0 Å². The molecule has 0 aromatic carbocycles. The molecule has 0 aliphatic rings. The van der Waals surface area contributed by atoms with Crippen LogP contribution in [0.4, 0.5) is 26.3 Å². The summed E-state index contributed by atoms with van der Waals surface area (Å²) >= 11 is 0. The Hall–Kier alpha value is -1.36. The molecule has 0 saturated heterocycles. The van der Waals surface area contributed by atoms with Crippen LogP contribution in [0.5, 0.6) is 0 Å². The highest BCUT2D eigenvalue weighted by atomic mass is 19.4. The third-order valence-corrected chi connectivity index (χ3v) is 2.30. The molecule has 0 aliphatic carbocycles. The summed E-state index contributed by atoms with van der Waals surface area (Å²) in [5, 5.41) is 3.05. The summed E-state index contributed by atoms with van der Waals surface area (Å²) in [5.74, 6) is -5.92. The van der Waals surface area contributed by atoms with Crippen molar-refractivity contribution in [3.63, 3.8) is 0 Å². The molecule has 1 aromatic rings. The Kier molecular flexibility index (Phi) is 5.20. The van der Waals surface area contributed by atoms with E-state index in [1.165, 1.54) is 0 Å². The fourth-order valence-corrected chi connectivity index (χ4v) is 1.35. The molecule has 1 aromatic heterocycles. The molecule has 0 saturated carbocycles. The summed E-state index contributed by atoms with van der Waals surface area (Å²) in [6.07, 6.45) is -11.4. The molecular formula is C10H13F6N3O2. The normalized spacial score (nSPS) is 15.0. The summed E-state index contributed by atoms with van der Waals surface area (Å²) in [5.41, 5.74) is 5.50. The molecule has 5 nitrogen and oxygen atoms in total. The molecule has 122 valence electrons. The Morgan fingerprint density at radius 1 is 1.14 bits per heavy atom. The standard InChI is InChI=1S/C10H13F6N3O2/c1-4(2)20-3-5(17)7-18-8(21-19-7)6(9(11,12)13)10(14,15)16/h4-6H,3,17H2,1-2H3. The van der Waals surface area contributed by atoms with Gasteiger partial charge in [0.1, 0.15) is 0 Å². The molecule has 1 atom stereocenters. The Morgan fingerprint density at radius 3 is 2.10 bits per heavy atom. The maximum Gasteiger partial charge on any atom is 0.409 e. The highest BCUT2D eigenvalue weighted by molar-refractivity contribution is 5.03. The van der Waals surface area contributed by atoms with E-state index in [-0.39, 0.29) is 12.7 Å². The minimum absolute atomic E-state index is 0.167. The van der Waals surface area contributed by atoms with Crippen molar-refractivity contribution in [2.24, 2.45) is 5.73 Å². The number of nitrogens with zero attached hydrogens (tertiary/aromatic N) is 2. The first-order chi connectivity index (χ1) is 9.43. The van der Waals surface area contributed by atoms with Crippen molar-refractivity contribution in [2.75, 3.05) is 6.61 Å². The van der Waals surface area contributed by atoms with E-state index in [0.29, 0.717) is 0 Å². The molecule has 0 spiro atoms. The van der Waals surface area contributed by atoms with E-state index >= 15 is 0 Å². The smallest absolute Gasteiger partial charge is 0.377 e. The van der Waals surface area contributed by atoms with Crippen LogP contribution in [0.1, 0.15) is 37.5 Å². The molecule has 0 radical (unpaired) electrons. The molecule has 1 unspecified atom stereocenters. The second-order valence-corrected chi connectivity index (χ2v) is 4.50. The van der Waals surface area contributed by atoms with Gasteiger partial charge < -0.3 is 15.0 Å². The number of hydrogen-bond acceptors (Lipinski definition) is 5. The van der Waals surface area contributed by atoms with Gasteiger partial charge in [0.25, 0.3) is 0 Å². The van der Waals surface area contributed by atoms with Gasteiger partial charge in [0.15, 0.2) is 5.82 Å². The third kappa shape index (κ3) is 4.84. The van der Waals surface area contributed by atoms with Gasteiger partial charge >= 0.3 is 12.4 Å². The Morgan fingerprint density at radius 2 is 1.67 bits per heavy atom. The topological polar surface area (TPSA) is 74.2 Å². The summed E-state index contributed by atoms with van der Waals surface area (Å²) < 4.78 is 83.9. The molecule has 0 aliphatic heterocycles. The number of halogens is 6. The monoisotopic (exact) mass is 321 g/mol. The van der Waals surface area contributed by atoms with Crippen LogP contribution in [0.25, 0.3) is 0 Å². The first-order valence-corrected chi connectivity index (χ1v) is 5.77. The lowest BCUT2D eigenvalue weighted by molar-refractivity contribution is -0.259. The van der Waals surface area contributed by atoms with Crippen LogP contribution in [-0.4, -0.2) is 35.2 Å². The van der Waals surface area contributed by atoms with Crippen molar-refractivity contribution < 1.29 is 35.6 Å². The fourth-order valence-electron chi connectivity index (χ4n) is 1.35. The van der Waals surface area contributed by atoms with Crippen LogP contribution >= 0.6 is 0 Å². The minimum atomic E-state index is -5.60. The number of ether oxygens (including phenoxy) is 1. The largest absolute Gasteiger partial charge is 0.409 e. The number of aromatic nitrogens is 2. The second-order valence-electron chi connectivity index (χ2n) is 4.50. The van der Waals surface area contributed by atoms with E-state index in [9.17, 15) is 26.3 Å². The van der Waals surface area contributed by atoms with Crippen molar-refractivity contribution in [2.45, 2.75) is 44.3 Å². The number of nitrogens with two attached hydrogens (primary N) is 1. The average Bonchev–Trinajstić information content (AvgIpc) is 2.70. The molecule has 0 fully saturated rings. The fraction of sp³-hybridized carbons (Fsp3) is 0.800. The molecule has 21 heavy (non-hydrogen) atoms. The predicted molar refractivity (Wildman–Crippen MR) is 57.2 cm³/mol. The van der Waals surface area contributed by atoms with Gasteiger partial charge in [-0.05, 0) is 13.8 Å². The average molecular weight is 321 g/mol. The van der Waals surface area contributed by atoms with Gasteiger partial charge in [-0.3, -0.25) is 0 Å². The Labute approximate surface area is 115 Å². The molecule has 11 heteroatoms. The van der Waals surface area contributed by atoms with Crippen molar-refractivity contribution in [1.82, 2.24) is 10.1 Å². The highest BCUT2D eigenvalue weighted by Crippen LogP contribution is 2.45. The van der Waals surface area contributed by atoms with Gasteiger partial charge in [0.2, 0.25) is 11.8 Å². The summed E-state index contributed by atoms with van der Waals surface area (Å²) in [6, 6.07) is -1.09. The van der Waals surface area contributed by atoms with Gasteiger partial charge in [0.05, 0.1) is 18.8 Å². The lowest BCUT2D eigenvalue weighted by atomic mass is 10.1. The minimum Gasteiger partial charge on any atom is -0.377 e. The quantitative estimate of drug-likeness (QED) is 0.844. The molecule has 1 heterocycles. The molecule has 0 amide bonds. The van der Waals surface area contributed by atoms with Crippen LogP contribution in [0.2, 0.25) is 0 Å². The SMILES string of the molecule is CC(C)OCC(N)c1noc(C(C(F)(F)F)C(F)(F)F)n1. The first kappa shape index (κ1) is 17.7. The summed E-state index contributed by atoms with van der Waals surface area (Å²) in [6.45, 7) is 3.19. The zero-order valence-corrected chi connectivity index (χ0v) is 11.0. The van der Waals surface area contributed by atoms with E-state index in [0.717, 1.165) is 0 Å². The first-order valence-electron chi connectivity index (χ1n) is 5.77. The van der Waals surface area contributed by atoms with Crippen LogP contribution < -0.4 is 5.73 Å². The summed E-state index contributed by atoms with van der Waals surface area (Å²) in [4.78, 5) is 3.10. The molecule has 0 bridgehead atoms. The van der Waals surface area contributed by atoms with Gasteiger partial charge in [-0.25, -0.2) is 0 Å². The van der Waals surface area contributed by atoms with Crippen LogP contribution in [0.3, 0.4) is 0 Å². The number of rotatable bonds is 5. The molecule has 2 N–H and O–H groups in total. The maximum absolute atomic E-state index is 12.5. The Bertz CT molecular complexity index is 442. The van der Waals surface area contributed by atoms with Crippen molar-refractivity contribution in [3.05, 3.63) is 11.7 Å². The van der Waals surface area contributed by atoms with Gasteiger partial charge in [0, 0.05) is 0 Å². The number of alkyl halides is 6. The lowest BCUT2D eigenvalue weighted by Gasteiger charge is -2.19. The van der Waals surface area contributed by atoms with Gasteiger partial charge in [-0.15, -0.1) is 0 Å². The highest BCUT2D eigenvalue weighted by Gasteiger charge is 2.60. The zero-order valence-electron chi connectivity index (χ0n) is 11.0. The van der Waals surface area contributed by atoms with Crippen molar-refractivity contribution in [1.29, 1.82) is 0 Å². The zero-order chi connectivity index (χ0) is 16.4. The van der Waals surface area contributed by atoms with E-state index < -0.39 is 36.0 Å². The predicted octanol–water partition coefficient (Wildman–Crippen LogP) is 2.70. The maximum atomic E-state index is 12.5. The van der Waals surface area contributed by atoms with E-state index in [2.05, 4.69) is 14.7 Å². The van der Waals surface area contributed by atoms with Crippen LogP contribution in [0.15, 0.2) is 4.52 Å². The van der Waals surface area contributed by atoms with Gasteiger partial charge in [-0.2, -0.15) is 31.3 Å². The summed E-state index contributed by atoms with van der Waals surface area (Å²) in [7, 11) is 0. The Balaban J connectivity index is 2.95.